The van der Waals surface area contributed by atoms with Crippen LogP contribution >= 0.6 is 15.9 Å². The Labute approximate surface area is 154 Å². The summed E-state index contributed by atoms with van der Waals surface area (Å²) in [5.41, 5.74) is 1.99. The van der Waals surface area contributed by atoms with Crippen LogP contribution in [0, 0.1) is 13.8 Å². The second-order valence-corrected chi connectivity index (χ2v) is 6.77. The number of aromatic nitrogens is 2. The Morgan fingerprint density at radius 2 is 2.12 bits per heavy atom. The summed E-state index contributed by atoms with van der Waals surface area (Å²) in [5.74, 6) is 1.47. The first-order valence-corrected chi connectivity index (χ1v) is 8.76. The van der Waals surface area contributed by atoms with E-state index in [-0.39, 0.29) is 5.91 Å². The molecule has 0 unspecified atom stereocenters. The summed E-state index contributed by atoms with van der Waals surface area (Å²) in [6.07, 6.45) is 1.86. The van der Waals surface area contributed by atoms with Gasteiger partial charge in [-0.1, -0.05) is 0 Å². The van der Waals surface area contributed by atoms with E-state index in [0.717, 1.165) is 21.6 Å². The van der Waals surface area contributed by atoms with Gasteiger partial charge in [-0.3, -0.25) is 9.20 Å². The molecular formula is C18H20BrN3O3. The zero-order chi connectivity index (χ0) is 18.0. The SMILES string of the molecule is COCCN(Cc1ccc(C)o1)C(=O)c1c(C)nc2ccc(Br)cn12. The van der Waals surface area contributed by atoms with E-state index < -0.39 is 0 Å². The van der Waals surface area contributed by atoms with Gasteiger partial charge in [0, 0.05) is 24.3 Å². The number of pyridine rings is 1. The lowest BCUT2D eigenvalue weighted by Crippen LogP contribution is -2.34. The maximum Gasteiger partial charge on any atom is 0.273 e. The number of imidazole rings is 1. The fourth-order valence-corrected chi connectivity index (χ4v) is 3.09. The molecule has 0 aliphatic carbocycles. The topological polar surface area (TPSA) is 60.0 Å². The molecule has 3 aromatic heterocycles. The Balaban J connectivity index is 1.96. The van der Waals surface area contributed by atoms with Gasteiger partial charge in [0.15, 0.2) is 0 Å². The minimum absolute atomic E-state index is 0.103. The van der Waals surface area contributed by atoms with Crippen LogP contribution in [-0.4, -0.2) is 40.5 Å². The molecular weight excluding hydrogens is 386 g/mol. The highest BCUT2D eigenvalue weighted by atomic mass is 79.9. The van der Waals surface area contributed by atoms with Crippen molar-refractivity contribution in [3.05, 3.63) is 57.8 Å². The van der Waals surface area contributed by atoms with Crippen molar-refractivity contribution in [2.75, 3.05) is 20.3 Å². The molecule has 0 aliphatic heterocycles. The number of hydrogen-bond donors (Lipinski definition) is 0. The number of ether oxygens (including phenoxy) is 1. The van der Waals surface area contributed by atoms with Crippen LogP contribution in [-0.2, 0) is 11.3 Å². The molecule has 0 aliphatic rings. The fourth-order valence-electron chi connectivity index (χ4n) is 2.76. The molecule has 132 valence electrons. The smallest absolute Gasteiger partial charge is 0.273 e. The molecule has 0 saturated heterocycles. The third-order valence-electron chi connectivity index (χ3n) is 3.95. The highest BCUT2D eigenvalue weighted by Gasteiger charge is 2.23. The molecule has 0 atom stereocenters. The van der Waals surface area contributed by atoms with Gasteiger partial charge in [0.25, 0.3) is 5.91 Å². The molecule has 6 nitrogen and oxygen atoms in total. The molecule has 0 spiro atoms. The van der Waals surface area contributed by atoms with Crippen LogP contribution in [0.1, 0.15) is 27.7 Å². The summed E-state index contributed by atoms with van der Waals surface area (Å²) < 4.78 is 13.5. The number of amides is 1. The van der Waals surface area contributed by atoms with Crippen LogP contribution in [0.15, 0.2) is 39.4 Å². The van der Waals surface area contributed by atoms with Crippen molar-refractivity contribution in [1.29, 1.82) is 0 Å². The van der Waals surface area contributed by atoms with E-state index in [0.29, 0.717) is 31.1 Å². The average Bonchev–Trinajstić information content (AvgIpc) is 3.12. The van der Waals surface area contributed by atoms with Gasteiger partial charge in [0.2, 0.25) is 0 Å². The first-order chi connectivity index (χ1) is 12.0. The highest BCUT2D eigenvalue weighted by Crippen LogP contribution is 2.19. The van der Waals surface area contributed by atoms with Gasteiger partial charge in [-0.2, -0.15) is 0 Å². The minimum atomic E-state index is -0.103. The van der Waals surface area contributed by atoms with Crippen LogP contribution in [0.5, 0.6) is 0 Å². The van der Waals surface area contributed by atoms with E-state index in [1.165, 1.54) is 0 Å². The predicted molar refractivity (Wildman–Crippen MR) is 97.7 cm³/mol. The number of fused-ring (bicyclic) bond motifs is 1. The lowest BCUT2D eigenvalue weighted by atomic mass is 10.2. The normalized spacial score (nSPS) is 11.2. The monoisotopic (exact) mass is 405 g/mol. The Morgan fingerprint density at radius 1 is 1.32 bits per heavy atom. The summed E-state index contributed by atoms with van der Waals surface area (Å²) in [4.78, 5) is 19.4. The van der Waals surface area contributed by atoms with Crippen molar-refractivity contribution in [3.63, 3.8) is 0 Å². The number of methoxy groups -OCH3 is 1. The third kappa shape index (κ3) is 3.77. The van der Waals surface area contributed by atoms with Crippen molar-refractivity contribution in [2.24, 2.45) is 0 Å². The van der Waals surface area contributed by atoms with Gasteiger partial charge in [-0.05, 0) is 54.0 Å². The van der Waals surface area contributed by atoms with Crippen LogP contribution < -0.4 is 0 Å². The van der Waals surface area contributed by atoms with E-state index in [2.05, 4.69) is 20.9 Å². The van der Waals surface area contributed by atoms with Crippen molar-refractivity contribution in [3.8, 4) is 0 Å². The zero-order valence-electron chi connectivity index (χ0n) is 14.5. The Hall–Kier alpha value is -2.12. The van der Waals surface area contributed by atoms with Crippen LogP contribution in [0.4, 0.5) is 0 Å². The maximum absolute atomic E-state index is 13.2. The molecule has 0 radical (unpaired) electrons. The second-order valence-electron chi connectivity index (χ2n) is 5.85. The number of carbonyl (C=O) groups is 1. The first kappa shape index (κ1) is 17.7. The molecule has 3 heterocycles. The molecule has 7 heteroatoms. The van der Waals surface area contributed by atoms with Gasteiger partial charge in [0.1, 0.15) is 22.9 Å². The summed E-state index contributed by atoms with van der Waals surface area (Å²) in [6, 6.07) is 7.57. The van der Waals surface area contributed by atoms with Crippen molar-refractivity contribution >= 4 is 27.5 Å². The Bertz CT molecular complexity index is 900. The van der Waals surface area contributed by atoms with Gasteiger partial charge >= 0.3 is 0 Å². The van der Waals surface area contributed by atoms with Gasteiger partial charge < -0.3 is 14.1 Å². The third-order valence-corrected chi connectivity index (χ3v) is 4.42. The van der Waals surface area contributed by atoms with E-state index in [4.69, 9.17) is 9.15 Å². The van der Waals surface area contributed by atoms with Crippen molar-refractivity contribution < 1.29 is 13.9 Å². The summed E-state index contributed by atoms with van der Waals surface area (Å²) in [6.45, 7) is 5.04. The summed E-state index contributed by atoms with van der Waals surface area (Å²) >= 11 is 3.45. The Kier molecular flexibility index (Phi) is 5.24. The van der Waals surface area contributed by atoms with Crippen molar-refractivity contribution in [2.45, 2.75) is 20.4 Å². The number of furan rings is 1. The number of rotatable bonds is 6. The molecule has 0 saturated carbocycles. The molecule has 0 aromatic carbocycles. The van der Waals surface area contributed by atoms with Gasteiger partial charge in [-0.15, -0.1) is 0 Å². The second kappa shape index (κ2) is 7.41. The van der Waals surface area contributed by atoms with E-state index >= 15 is 0 Å². The molecule has 1 amide bonds. The minimum Gasteiger partial charge on any atom is -0.464 e. The van der Waals surface area contributed by atoms with Gasteiger partial charge in [-0.25, -0.2) is 4.98 Å². The summed E-state index contributed by atoms with van der Waals surface area (Å²) in [5, 5.41) is 0. The maximum atomic E-state index is 13.2. The predicted octanol–water partition coefficient (Wildman–Crippen LogP) is 3.60. The summed E-state index contributed by atoms with van der Waals surface area (Å²) in [7, 11) is 1.62. The number of aryl methyl sites for hydroxylation is 2. The molecule has 3 aromatic rings. The molecule has 0 N–H and O–H groups in total. The number of nitrogens with zero attached hydrogens (tertiary/aromatic N) is 3. The first-order valence-electron chi connectivity index (χ1n) is 7.97. The fraction of sp³-hybridized carbons (Fsp3) is 0.333. The van der Waals surface area contributed by atoms with E-state index in [1.54, 1.807) is 12.0 Å². The van der Waals surface area contributed by atoms with E-state index in [1.807, 2.05) is 48.7 Å². The van der Waals surface area contributed by atoms with Crippen LogP contribution in [0.3, 0.4) is 0 Å². The zero-order valence-corrected chi connectivity index (χ0v) is 16.0. The van der Waals surface area contributed by atoms with Gasteiger partial charge in [0.05, 0.1) is 18.8 Å². The largest absolute Gasteiger partial charge is 0.464 e. The standard InChI is InChI=1S/C18H20BrN3O3/c1-12-4-6-15(25-12)11-21(8-9-24-3)18(23)17-13(2)20-16-7-5-14(19)10-22(16)17/h4-7,10H,8-9,11H2,1-3H3. The highest BCUT2D eigenvalue weighted by molar-refractivity contribution is 9.10. The van der Waals surface area contributed by atoms with Crippen LogP contribution in [0.2, 0.25) is 0 Å². The molecule has 25 heavy (non-hydrogen) atoms. The number of halogens is 1. The molecule has 0 bridgehead atoms. The number of carbonyl (C=O) groups excluding carboxylic acids is 1. The van der Waals surface area contributed by atoms with Crippen molar-refractivity contribution in [1.82, 2.24) is 14.3 Å². The average molecular weight is 406 g/mol. The van der Waals surface area contributed by atoms with E-state index in [9.17, 15) is 4.79 Å². The molecule has 0 fully saturated rings. The lowest BCUT2D eigenvalue weighted by molar-refractivity contribution is 0.0658. The van der Waals surface area contributed by atoms with Crippen LogP contribution in [0.25, 0.3) is 5.65 Å². The quantitative estimate of drug-likeness (QED) is 0.628. The molecule has 3 rings (SSSR count). The Morgan fingerprint density at radius 3 is 2.80 bits per heavy atom. The lowest BCUT2D eigenvalue weighted by Gasteiger charge is -2.21. The number of hydrogen-bond acceptors (Lipinski definition) is 4.